The first-order valence-electron chi connectivity index (χ1n) is 13.6. The van der Waals surface area contributed by atoms with Gasteiger partial charge in [0.2, 0.25) is 0 Å². The molecule has 0 aromatic rings. The zero-order chi connectivity index (χ0) is 23.8. The number of carbonyl (C=O) groups excluding carboxylic acids is 1. The molecular weight excluding hydrogens is 414 g/mol. The van der Waals surface area contributed by atoms with Crippen LogP contribution in [0.3, 0.4) is 0 Å². The molecular formula is C27H47N3O3. The monoisotopic (exact) mass is 461 g/mol. The Bertz CT molecular complexity index is 740. The van der Waals surface area contributed by atoms with Crippen molar-refractivity contribution in [3.63, 3.8) is 0 Å². The number of hydrogen-bond acceptors (Lipinski definition) is 5. The summed E-state index contributed by atoms with van der Waals surface area (Å²) >= 11 is 0. The van der Waals surface area contributed by atoms with Crippen molar-refractivity contribution >= 4 is 11.8 Å². The molecule has 4 fully saturated rings. The number of carbonyl (C=O) groups is 1. The lowest BCUT2D eigenvalue weighted by atomic mass is 9.44. The van der Waals surface area contributed by atoms with Crippen molar-refractivity contribution in [2.45, 2.75) is 105 Å². The highest BCUT2D eigenvalue weighted by Gasteiger charge is 2.60. The normalized spacial score (nSPS) is 42.9. The van der Waals surface area contributed by atoms with E-state index in [2.05, 4.69) is 50.4 Å². The van der Waals surface area contributed by atoms with E-state index in [0.717, 1.165) is 49.3 Å². The minimum atomic E-state index is -0.464. The number of amides is 1. The smallest absolute Gasteiger partial charge is 0.393 e. The molecule has 1 amide bonds. The zero-order valence-corrected chi connectivity index (χ0v) is 21.5. The van der Waals surface area contributed by atoms with Gasteiger partial charge >= 0.3 is 6.09 Å². The fourth-order valence-corrected chi connectivity index (χ4v) is 8.66. The Kier molecular flexibility index (Phi) is 7.45. The topological polar surface area (TPSA) is 83.0 Å². The molecule has 0 saturated heterocycles. The molecule has 0 radical (unpaired) electrons. The summed E-state index contributed by atoms with van der Waals surface area (Å²) in [5.41, 5.74) is 1.65. The van der Waals surface area contributed by atoms with Crippen molar-refractivity contribution in [1.82, 2.24) is 10.6 Å². The Labute approximate surface area is 200 Å². The Balaban J connectivity index is 1.37. The number of nitrogens with zero attached hydrogens (tertiary/aromatic N) is 1. The number of hydrogen-bond donors (Lipinski definition) is 3. The molecule has 6 heteroatoms. The number of fused-ring (bicyclic) bond motifs is 5. The molecule has 0 bridgehead atoms. The highest BCUT2D eigenvalue weighted by molar-refractivity contribution is 5.85. The summed E-state index contributed by atoms with van der Waals surface area (Å²) in [6.45, 7) is 12.5. The third-order valence-corrected chi connectivity index (χ3v) is 10.4. The molecule has 0 heterocycles. The first kappa shape index (κ1) is 25.0. The Hall–Kier alpha value is -1.14. The molecule has 188 valence electrons. The minimum Gasteiger partial charge on any atom is -0.393 e. The van der Waals surface area contributed by atoms with Crippen LogP contribution in [0, 0.1) is 40.4 Å². The molecule has 0 aliphatic heterocycles. The second-order valence-corrected chi connectivity index (χ2v) is 12.4. The van der Waals surface area contributed by atoms with Crippen LogP contribution < -0.4 is 10.6 Å². The lowest BCUT2D eigenvalue weighted by molar-refractivity contribution is -0.123. The van der Waals surface area contributed by atoms with Gasteiger partial charge in [0.1, 0.15) is 0 Å². The number of nitrogens with one attached hydrogen (secondary N) is 2. The average Bonchev–Trinajstić information content (AvgIpc) is 3.12. The van der Waals surface area contributed by atoms with Crippen LogP contribution in [0.5, 0.6) is 0 Å². The molecule has 33 heavy (non-hydrogen) atoms. The molecule has 4 aliphatic carbocycles. The first-order valence-corrected chi connectivity index (χ1v) is 13.6. The molecule has 4 aliphatic rings. The molecule has 6 nitrogen and oxygen atoms in total. The Morgan fingerprint density at radius 3 is 2.52 bits per heavy atom. The van der Waals surface area contributed by atoms with Crippen LogP contribution in [-0.2, 0) is 4.84 Å². The van der Waals surface area contributed by atoms with Gasteiger partial charge in [-0.25, -0.2) is 4.79 Å². The number of aliphatic hydroxyl groups excluding tert-OH is 1. The van der Waals surface area contributed by atoms with E-state index in [1.807, 2.05) is 0 Å². The molecule has 0 aromatic carbocycles. The van der Waals surface area contributed by atoms with Gasteiger partial charge in [0.25, 0.3) is 0 Å². The van der Waals surface area contributed by atoms with Gasteiger partial charge in [0.05, 0.1) is 11.8 Å². The summed E-state index contributed by atoms with van der Waals surface area (Å²) in [6, 6.07) is 0.400. The lowest BCUT2D eigenvalue weighted by Crippen LogP contribution is -2.54. The highest BCUT2D eigenvalue weighted by atomic mass is 16.7. The fraction of sp³-hybridized carbons (Fsp3) is 0.926. The predicted octanol–water partition coefficient (Wildman–Crippen LogP) is 5.11. The summed E-state index contributed by atoms with van der Waals surface area (Å²) < 4.78 is 0. The maximum atomic E-state index is 12.1. The van der Waals surface area contributed by atoms with Gasteiger partial charge in [0.15, 0.2) is 0 Å². The largest absolute Gasteiger partial charge is 0.433 e. The van der Waals surface area contributed by atoms with Gasteiger partial charge < -0.3 is 15.7 Å². The third-order valence-electron chi connectivity index (χ3n) is 10.4. The van der Waals surface area contributed by atoms with Gasteiger partial charge in [-0.2, -0.15) is 0 Å². The minimum absolute atomic E-state index is 0.0770. The quantitative estimate of drug-likeness (QED) is 0.222. The van der Waals surface area contributed by atoms with Gasteiger partial charge in [0, 0.05) is 25.0 Å². The maximum absolute atomic E-state index is 12.1. The summed E-state index contributed by atoms with van der Waals surface area (Å²) in [5, 5.41) is 20.6. The van der Waals surface area contributed by atoms with Crippen molar-refractivity contribution in [3.8, 4) is 0 Å². The van der Waals surface area contributed by atoms with E-state index in [-0.39, 0.29) is 11.5 Å². The summed E-state index contributed by atoms with van der Waals surface area (Å²) in [6.07, 6.45) is 10.2. The lowest BCUT2D eigenvalue weighted by Gasteiger charge is -2.61. The molecule has 3 N–H and O–H groups in total. The van der Waals surface area contributed by atoms with Gasteiger partial charge in [-0.1, -0.05) is 32.9 Å². The van der Waals surface area contributed by atoms with E-state index < -0.39 is 6.09 Å². The first-order chi connectivity index (χ1) is 15.6. The number of rotatable bonds is 6. The molecule has 0 spiro atoms. The average molecular weight is 462 g/mol. The maximum Gasteiger partial charge on any atom is 0.433 e. The van der Waals surface area contributed by atoms with E-state index in [9.17, 15) is 9.90 Å². The van der Waals surface area contributed by atoms with E-state index >= 15 is 0 Å². The van der Waals surface area contributed by atoms with Crippen molar-refractivity contribution in [3.05, 3.63) is 0 Å². The molecule has 8 atom stereocenters. The van der Waals surface area contributed by atoms with Crippen molar-refractivity contribution in [2.75, 3.05) is 13.1 Å². The molecule has 4 saturated carbocycles. The second kappa shape index (κ2) is 9.85. The van der Waals surface area contributed by atoms with Crippen molar-refractivity contribution < 1.29 is 14.7 Å². The fourth-order valence-electron chi connectivity index (χ4n) is 8.66. The molecule has 4 rings (SSSR count). The Morgan fingerprint density at radius 1 is 1.03 bits per heavy atom. The van der Waals surface area contributed by atoms with Crippen LogP contribution in [0.4, 0.5) is 4.79 Å². The van der Waals surface area contributed by atoms with Crippen LogP contribution >= 0.6 is 0 Å². The van der Waals surface area contributed by atoms with E-state index in [1.54, 1.807) is 0 Å². The van der Waals surface area contributed by atoms with E-state index in [0.29, 0.717) is 29.8 Å². The van der Waals surface area contributed by atoms with Crippen LogP contribution in [0.15, 0.2) is 5.16 Å². The second-order valence-electron chi connectivity index (χ2n) is 12.4. The van der Waals surface area contributed by atoms with E-state index in [1.165, 1.54) is 38.5 Å². The predicted molar refractivity (Wildman–Crippen MR) is 132 cm³/mol. The van der Waals surface area contributed by atoms with Gasteiger partial charge in [-0.15, -0.1) is 0 Å². The summed E-state index contributed by atoms with van der Waals surface area (Å²) in [7, 11) is 0. The number of oxime groups is 1. The van der Waals surface area contributed by atoms with E-state index in [4.69, 9.17) is 4.84 Å². The summed E-state index contributed by atoms with van der Waals surface area (Å²) in [5.74, 6) is 3.45. The van der Waals surface area contributed by atoms with Crippen molar-refractivity contribution in [2.24, 2.45) is 45.6 Å². The van der Waals surface area contributed by atoms with Gasteiger partial charge in [-0.3, -0.25) is 4.84 Å². The third kappa shape index (κ3) is 4.84. The van der Waals surface area contributed by atoms with Crippen LogP contribution in [0.1, 0.15) is 92.4 Å². The van der Waals surface area contributed by atoms with Crippen LogP contribution in [0.25, 0.3) is 0 Å². The SMILES string of the molecule is C/C(=N\OC(=O)NCCNC(C)C)[C@H]1CC[C@H]2[C@@H]3CC[C@H]4C[C@H](O)CC[C@]4(C)[C@H]3CC[C@]12C. The molecule has 0 aromatic heterocycles. The zero-order valence-electron chi connectivity index (χ0n) is 21.5. The number of aliphatic hydroxyl groups is 1. The van der Waals surface area contributed by atoms with Crippen molar-refractivity contribution in [1.29, 1.82) is 0 Å². The standard InChI is InChI=1S/C27H47N3O3/c1-17(2)28-14-15-29-25(32)33-30-18(3)22-8-9-23-21-7-6-19-16-20(31)10-12-26(19,4)24(21)11-13-27(22,23)5/h17,19-24,28,31H,6-16H2,1-5H3,(H,29,32)/b30-18+/t19-,20+,21-,22+,23-,24-,26-,27+/m0/s1. The Morgan fingerprint density at radius 2 is 1.76 bits per heavy atom. The summed E-state index contributed by atoms with van der Waals surface area (Å²) in [4.78, 5) is 17.3. The highest BCUT2D eigenvalue weighted by Crippen LogP contribution is 2.67. The molecule has 0 unspecified atom stereocenters. The van der Waals surface area contributed by atoms with Crippen LogP contribution in [0.2, 0.25) is 0 Å². The van der Waals surface area contributed by atoms with Gasteiger partial charge in [-0.05, 0) is 99.2 Å². The van der Waals surface area contributed by atoms with Crippen LogP contribution in [-0.4, -0.2) is 42.1 Å².